The van der Waals surface area contributed by atoms with Crippen molar-refractivity contribution in [2.45, 2.75) is 25.7 Å². The number of fused-ring (bicyclic) bond motifs is 3. The molecular formula is C19H19N3. The maximum absolute atomic E-state index is 6.09. The Hall–Kier alpha value is -2.55. The van der Waals surface area contributed by atoms with Crippen molar-refractivity contribution in [3.8, 4) is 0 Å². The van der Waals surface area contributed by atoms with Crippen LogP contribution >= 0.6 is 0 Å². The molecule has 4 N–H and O–H groups in total. The van der Waals surface area contributed by atoms with Crippen LogP contribution in [0.1, 0.15) is 36.1 Å². The molecule has 0 atom stereocenters. The van der Waals surface area contributed by atoms with Gasteiger partial charge in [0.15, 0.2) is 0 Å². The molecule has 1 aromatic carbocycles. The predicted molar refractivity (Wildman–Crippen MR) is 93.0 cm³/mol. The highest BCUT2D eigenvalue weighted by Crippen LogP contribution is 2.35. The number of nitrogen functional groups attached to an aromatic ring is 1. The minimum Gasteiger partial charge on any atom is -0.402 e. The number of rotatable bonds is 1. The van der Waals surface area contributed by atoms with Gasteiger partial charge in [-0.3, -0.25) is 0 Å². The lowest BCUT2D eigenvalue weighted by molar-refractivity contribution is 0.916. The van der Waals surface area contributed by atoms with Gasteiger partial charge in [-0.1, -0.05) is 24.3 Å². The number of allylic oxidation sites excluding steroid dienone is 5. The van der Waals surface area contributed by atoms with Crippen LogP contribution in [0.4, 0.5) is 5.69 Å². The molecule has 0 radical (unpaired) electrons. The van der Waals surface area contributed by atoms with Crippen molar-refractivity contribution in [2.75, 3.05) is 5.73 Å². The number of aromatic nitrogens is 1. The van der Waals surface area contributed by atoms with Crippen molar-refractivity contribution in [3.63, 3.8) is 0 Å². The second-order valence-electron chi connectivity index (χ2n) is 5.99. The molecule has 4 rings (SSSR count). The van der Waals surface area contributed by atoms with Crippen LogP contribution in [0, 0.1) is 0 Å². The summed E-state index contributed by atoms with van der Waals surface area (Å²) in [6.45, 7) is 0. The Labute approximate surface area is 130 Å². The van der Waals surface area contributed by atoms with Gasteiger partial charge >= 0.3 is 0 Å². The van der Waals surface area contributed by atoms with Gasteiger partial charge < -0.3 is 11.5 Å². The molecule has 0 spiro atoms. The second kappa shape index (κ2) is 5.02. The summed E-state index contributed by atoms with van der Waals surface area (Å²) in [5, 5.41) is 1.19. The van der Waals surface area contributed by atoms with E-state index in [1.54, 1.807) is 0 Å². The van der Waals surface area contributed by atoms with E-state index in [0.29, 0.717) is 0 Å². The van der Waals surface area contributed by atoms with Gasteiger partial charge in [-0.2, -0.15) is 0 Å². The van der Waals surface area contributed by atoms with Crippen LogP contribution in [0.2, 0.25) is 0 Å². The summed E-state index contributed by atoms with van der Waals surface area (Å²) in [4.78, 5) is 4.91. The number of nitrogens with two attached hydrogens (primary N) is 2. The van der Waals surface area contributed by atoms with Gasteiger partial charge in [-0.05, 0) is 55.0 Å². The van der Waals surface area contributed by atoms with Crippen molar-refractivity contribution in [1.82, 2.24) is 4.98 Å². The Kier molecular flexibility index (Phi) is 3.00. The van der Waals surface area contributed by atoms with E-state index in [2.05, 4.69) is 30.4 Å². The zero-order chi connectivity index (χ0) is 15.1. The highest BCUT2D eigenvalue weighted by molar-refractivity contribution is 5.93. The zero-order valence-corrected chi connectivity index (χ0v) is 12.5. The monoisotopic (exact) mass is 289 g/mol. The third-order valence-corrected chi connectivity index (χ3v) is 4.42. The summed E-state index contributed by atoms with van der Waals surface area (Å²) in [5.74, 6) is 0. The van der Waals surface area contributed by atoms with Crippen LogP contribution in [0.3, 0.4) is 0 Å². The molecular weight excluding hydrogens is 270 g/mol. The van der Waals surface area contributed by atoms with Crippen LogP contribution in [-0.4, -0.2) is 4.98 Å². The van der Waals surface area contributed by atoms with Crippen LogP contribution in [0.5, 0.6) is 0 Å². The largest absolute Gasteiger partial charge is 0.402 e. The van der Waals surface area contributed by atoms with E-state index >= 15 is 0 Å². The molecule has 0 aliphatic heterocycles. The Morgan fingerprint density at radius 3 is 2.77 bits per heavy atom. The number of pyridine rings is 1. The average molecular weight is 289 g/mol. The van der Waals surface area contributed by atoms with Crippen molar-refractivity contribution >= 4 is 28.2 Å². The Balaban J connectivity index is 2.05. The maximum atomic E-state index is 6.09. The lowest BCUT2D eigenvalue weighted by atomic mass is 9.88. The van der Waals surface area contributed by atoms with E-state index in [1.165, 1.54) is 22.1 Å². The molecule has 2 aromatic rings. The smallest absolute Gasteiger partial charge is 0.0782 e. The van der Waals surface area contributed by atoms with Gasteiger partial charge in [0.25, 0.3) is 0 Å². The maximum Gasteiger partial charge on any atom is 0.0782 e. The molecule has 0 fully saturated rings. The summed E-state index contributed by atoms with van der Waals surface area (Å²) >= 11 is 0. The molecule has 0 amide bonds. The first-order chi connectivity index (χ1) is 10.7. The van der Waals surface area contributed by atoms with Gasteiger partial charge in [-0.25, -0.2) is 4.98 Å². The molecule has 0 saturated carbocycles. The summed E-state index contributed by atoms with van der Waals surface area (Å²) < 4.78 is 0. The van der Waals surface area contributed by atoms with Gasteiger partial charge in [0.05, 0.1) is 11.2 Å². The van der Waals surface area contributed by atoms with Gasteiger partial charge in [0.1, 0.15) is 0 Å². The fourth-order valence-electron chi connectivity index (χ4n) is 3.33. The van der Waals surface area contributed by atoms with E-state index in [-0.39, 0.29) is 0 Å². The van der Waals surface area contributed by atoms with Crippen LogP contribution in [0.25, 0.3) is 22.6 Å². The Bertz CT molecular complexity index is 857. The van der Waals surface area contributed by atoms with E-state index < -0.39 is 0 Å². The lowest BCUT2D eigenvalue weighted by Gasteiger charge is -2.21. The number of anilines is 1. The quantitative estimate of drug-likeness (QED) is 0.785. The fraction of sp³-hybridized carbons (Fsp3) is 0.211. The van der Waals surface area contributed by atoms with E-state index in [1.807, 2.05) is 12.1 Å². The summed E-state index contributed by atoms with van der Waals surface area (Å²) in [7, 11) is 0. The summed E-state index contributed by atoms with van der Waals surface area (Å²) in [6.07, 6.45) is 12.8. The van der Waals surface area contributed by atoms with E-state index in [4.69, 9.17) is 16.5 Å². The second-order valence-corrected chi connectivity index (χ2v) is 5.99. The molecule has 2 aliphatic carbocycles. The van der Waals surface area contributed by atoms with Crippen LogP contribution in [-0.2, 0) is 6.42 Å². The van der Waals surface area contributed by atoms with E-state index in [0.717, 1.165) is 48.3 Å². The first kappa shape index (κ1) is 13.1. The van der Waals surface area contributed by atoms with Crippen molar-refractivity contribution in [1.29, 1.82) is 0 Å². The average Bonchev–Trinajstić information content (AvgIpc) is 2.54. The zero-order valence-electron chi connectivity index (χ0n) is 12.5. The number of benzene rings is 1. The molecule has 0 bridgehead atoms. The van der Waals surface area contributed by atoms with Gasteiger partial charge in [0, 0.05) is 22.3 Å². The number of aryl methyl sites for hydroxylation is 1. The summed E-state index contributed by atoms with van der Waals surface area (Å²) in [6, 6.07) is 6.00. The number of nitrogens with zero attached hydrogens (tertiary/aromatic N) is 1. The number of hydrogen-bond acceptors (Lipinski definition) is 3. The minimum atomic E-state index is 0.755. The highest BCUT2D eigenvalue weighted by Gasteiger charge is 2.19. The van der Waals surface area contributed by atoms with E-state index in [9.17, 15) is 0 Å². The normalized spacial score (nSPS) is 17.1. The summed E-state index contributed by atoms with van der Waals surface area (Å²) in [5.41, 5.74) is 19.5. The molecule has 22 heavy (non-hydrogen) atoms. The van der Waals surface area contributed by atoms with Crippen molar-refractivity contribution in [2.24, 2.45) is 5.73 Å². The van der Waals surface area contributed by atoms with Gasteiger partial charge in [-0.15, -0.1) is 0 Å². The first-order valence-corrected chi connectivity index (χ1v) is 7.77. The third-order valence-electron chi connectivity index (χ3n) is 4.42. The fourth-order valence-corrected chi connectivity index (χ4v) is 3.33. The lowest BCUT2D eigenvalue weighted by Crippen LogP contribution is -2.10. The topological polar surface area (TPSA) is 64.9 Å². The highest BCUT2D eigenvalue weighted by atomic mass is 14.7. The third kappa shape index (κ3) is 2.10. The first-order valence-electron chi connectivity index (χ1n) is 7.77. The molecule has 3 nitrogen and oxygen atoms in total. The molecule has 2 aliphatic rings. The molecule has 1 heterocycles. The van der Waals surface area contributed by atoms with Crippen LogP contribution in [0.15, 0.2) is 42.1 Å². The minimum absolute atomic E-state index is 0.755. The van der Waals surface area contributed by atoms with Crippen molar-refractivity contribution < 1.29 is 0 Å². The van der Waals surface area contributed by atoms with Gasteiger partial charge in [0.2, 0.25) is 0 Å². The Morgan fingerprint density at radius 2 is 1.95 bits per heavy atom. The molecule has 1 aromatic heterocycles. The van der Waals surface area contributed by atoms with Crippen LogP contribution < -0.4 is 11.5 Å². The predicted octanol–water partition coefficient (Wildman–Crippen LogP) is 3.80. The molecule has 0 saturated heterocycles. The van der Waals surface area contributed by atoms with Crippen molar-refractivity contribution in [3.05, 3.63) is 58.9 Å². The SMILES string of the molecule is NC1=Cc2c(C3=CCCC=C3)nc3cc(N)ccc3c2CC1. The standard InChI is InChI=1S/C19H19N3/c20-13-6-8-15-16-9-7-14(21)11-18(16)22-19(17(15)10-13)12-4-2-1-3-5-12/h2,4-5,7,9-11H,1,3,6,8,20-21H2. The number of hydrogen-bond donors (Lipinski definition) is 2. The molecule has 3 heteroatoms. The Morgan fingerprint density at radius 1 is 1.05 bits per heavy atom. The molecule has 0 unspecified atom stereocenters. The molecule has 110 valence electrons.